The smallest absolute Gasteiger partial charge is 0.226 e. The number of morpholine rings is 1. The summed E-state index contributed by atoms with van der Waals surface area (Å²) in [6, 6.07) is 6.52. The van der Waals surface area contributed by atoms with Crippen molar-refractivity contribution in [2.24, 2.45) is 0 Å². The Morgan fingerprint density at radius 3 is 2.68 bits per heavy atom. The molecule has 1 fully saturated rings. The minimum atomic E-state index is -0.228. The number of fused-ring (bicyclic) bond motifs is 1. The van der Waals surface area contributed by atoms with E-state index < -0.39 is 0 Å². The largest absolute Gasteiger partial charge is 0.378 e. The van der Waals surface area contributed by atoms with Crippen molar-refractivity contribution in [1.82, 2.24) is 9.97 Å². The SMILES string of the molecule is Fc1ccc(-c2csc3nc(N4CCOCC4)ncc23)cc1. The van der Waals surface area contributed by atoms with Gasteiger partial charge in [-0.2, -0.15) is 0 Å². The molecule has 0 atom stereocenters. The molecular formula is C16H14FN3OS. The van der Waals surface area contributed by atoms with Crippen LogP contribution in [0.1, 0.15) is 0 Å². The number of anilines is 1. The van der Waals surface area contributed by atoms with Crippen molar-refractivity contribution in [1.29, 1.82) is 0 Å². The van der Waals surface area contributed by atoms with Crippen molar-refractivity contribution in [2.45, 2.75) is 0 Å². The number of ether oxygens (including phenoxy) is 1. The molecule has 0 aliphatic carbocycles. The molecule has 0 amide bonds. The van der Waals surface area contributed by atoms with Gasteiger partial charge in [0.2, 0.25) is 5.95 Å². The lowest BCUT2D eigenvalue weighted by molar-refractivity contribution is 0.122. The van der Waals surface area contributed by atoms with E-state index in [1.54, 1.807) is 23.5 Å². The van der Waals surface area contributed by atoms with Crippen molar-refractivity contribution >= 4 is 27.5 Å². The summed E-state index contributed by atoms with van der Waals surface area (Å²) in [5, 5.41) is 3.06. The normalized spacial score (nSPS) is 15.4. The average Bonchev–Trinajstić information content (AvgIpc) is 2.99. The summed E-state index contributed by atoms with van der Waals surface area (Å²) in [6.07, 6.45) is 1.86. The van der Waals surface area contributed by atoms with Crippen LogP contribution in [0.5, 0.6) is 0 Å². The Balaban J connectivity index is 1.72. The molecule has 0 N–H and O–H groups in total. The Hall–Kier alpha value is -2.05. The van der Waals surface area contributed by atoms with E-state index in [4.69, 9.17) is 4.74 Å². The van der Waals surface area contributed by atoms with E-state index in [0.717, 1.165) is 40.4 Å². The highest BCUT2D eigenvalue weighted by atomic mass is 32.1. The first-order valence-corrected chi connectivity index (χ1v) is 8.02. The zero-order chi connectivity index (χ0) is 14.9. The zero-order valence-corrected chi connectivity index (χ0v) is 12.6. The molecule has 2 aromatic heterocycles. The molecule has 1 aromatic carbocycles. The minimum Gasteiger partial charge on any atom is -0.378 e. The highest BCUT2D eigenvalue weighted by Gasteiger charge is 2.16. The molecule has 1 aliphatic heterocycles. The molecule has 1 saturated heterocycles. The van der Waals surface area contributed by atoms with Crippen LogP contribution in [0.3, 0.4) is 0 Å². The zero-order valence-electron chi connectivity index (χ0n) is 11.8. The number of hydrogen-bond donors (Lipinski definition) is 0. The van der Waals surface area contributed by atoms with Crippen LogP contribution < -0.4 is 4.90 Å². The van der Waals surface area contributed by atoms with Gasteiger partial charge in [0.05, 0.1) is 13.2 Å². The third-order valence-electron chi connectivity index (χ3n) is 3.77. The number of aromatic nitrogens is 2. The molecule has 6 heteroatoms. The van der Waals surface area contributed by atoms with E-state index in [9.17, 15) is 4.39 Å². The topological polar surface area (TPSA) is 38.2 Å². The van der Waals surface area contributed by atoms with Gasteiger partial charge in [-0.3, -0.25) is 0 Å². The van der Waals surface area contributed by atoms with Crippen molar-refractivity contribution in [3.05, 3.63) is 41.7 Å². The summed E-state index contributed by atoms with van der Waals surface area (Å²) >= 11 is 1.59. The van der Waals surface area contributed by atoms with Gasteiger partial charge in [0.15, 0.2) is 0 Å². The highest BCUT2D eigenvalue weighted by molar-refractivity contribution is 7.17. The number of benzene rings is 1. The Bertz CT molecular complexity index is 797. The maximum Gasteiger partial charge on any atom is 0.226 e. The number of hydrogen-bond acceptors (Lipinski definition) is 5. The standard InChI is InChI=1S/C16H14FN3OS/c17-12-3-1-11(2-4-12)14-10-22-15-13(14)9-18-16(19-15)20-5-7-21-8-6-20/h1-4,9-10H,5-8H2. The minimum absolute atomic E-state index is 0.228. The molecule has 0 radical (unpaired) electrons. The molecule has 4 rings (SSSR count). The van der Waals surface area contributed by atoms with Gasteiger partial charge in [-0.1, -0.05) is 12.1 Å². The van der Waals surface area contributed by atoms with E-state index >= 15 is 0 Å². The average molecular weight is 315 g/mol. The summed E-state index contributed by atoms with van der Waals surface area (Å²) < 4.78 is 18.4. The van der Waals surface area contributed by atoms with Crippen LogP contribution in [-0.4, -0.2) is 36.3 Å². The van der Waals surface area contributed by atoms with Gasteiger partial charge in [0.1, 0.15) is 10.6 Å². The fourth-order valence-electron chi connectivity index (χ4n) is 2.58. The number of rotatable bonds is 2. The summed E-state index contributed by atoms with van der Waals surface area (Å²) in [5.74, 6) is 0.525. The van der Waals surface area contributed by atoms with E-state index in [1.165, 1.54) is 12.1 Å². The monoisotopic (exact) mass is 315 g/mol. The molecule has 3 aromatic rings. The molecular weight excluding hydrogens is 301 g/mol. The molecule has 1 aliphatic rings. The molecule has 0 bridgehead atoms. The van der Waals surface area contributed by atoms with Crippen LogP contribution in [0.4, 0.5) is 10.3 Å². The van der Waals surface area contributed by atoms with E-state index in [1.807, 2.05) is 6.20 Å². The quantitative estimate of drug-likeness (QED) is 0.727. The van der Waals surface area contributed by atoms with Gasteiger partial charge in [-0.15, -0.1) is 11.3 Å². The Kier molecular flexibility index (Phi) is 3.48. The van der Waals surface area contributed by atoms with Gasteiger partial charge in [0, 0.05) is 35.6 Å². The lowest BCUT2D eigenvalue weighted by Gasteiger charge is -2.26. The molecule has 0 unspecified atom stereocenters. The summed E-state index contributed by atoms with van der Waals surface area (Å²) in [4.78, 5) is 12.3. The first-order chi connectivity index (χ1) is 10.8. The second kappa shape index (κ2) is 5.62. The Morgan fingerprint density at radius 2 is 1.91 bits per heavy atom. The number of nitrogens with zero attached hydrogens (tertiary/aromatic N) is 3. The fraction of sp³-hybridized carbons (Fsp3) is 0.250. The van der Waals surface area contributed by atoms with Gasteiger partial charge in [0.25, 0.3) is 0 Å². The molecule has 22 heavy (non-hydrogen) atoms. The predicted octanol–water partition coefficient (Wildman–Crippen LogP) is 3.33. The highest BCUT2D eigenvalue weighted by Crippen LogP contribution is 2.33. The van der Waals surface area contributed by atoms with Crippen LogP contribution in [0.2, 0.25) is 0 Å². The summed E-state index contributed by atoms with van der Waals surface area (Å²) in [7, 11) is 0. The van der Waals surface area contributed by atoms with Crippen molar-refractivity contribution < 1.29 is 9.13 Å². The van der Waals surface area contributed by atoms with Crippen LogP contribution in [0.25, 0.3) is 21.3 Å². The van der Waals surface area contributed by atoms with Crippen LogP contribution in [-0.2, 0) is 4.74 Å². The summed E-state index contributed by atoms with van der Waals surface area (Å²) in [5.41, 5.74) is 2.03. The van der Waals surface area contributed by atoms with Crippen molar-refractivity contribution in [3.8, 4) is 11.1 Å². The van der Waals surface area contributed by atoms with Gasteiger partial charge >= 0.3 is 0 Å². The lowest BCUT2D eigenvalue weighted by Crippen LogP contribution is -2.37. The van der Waals surface area contributed by atoms with Crippen LogP contribution in [0, 0.1) is 5.82 Å². The van der Waals surface area contributed by atoms with E-state index in [0.29, 0.717) is 13.2 Å². The van der Waals surface area contributed by atoms with Gasteiger partial charge in [-0.25, -0.2) is 14.4 Å². The number of halogens is 1. The first kappa shape index (κ1) is 13.6. The third-order valence-corrected chi connectivity index (χ3v) is 4.66. The van der Waals surface area contributed by atoms with Gasteiger partial charge in [-0.05, 0) is 17.7 Å². The second-order valence-corrected chi connectivity index (χ2v) is 6.00. The fourth-order valence-corrected chi connectivity index (χ4v) is 3.50. The first-order valence-electron chi connectivity index (χ1n) is 7.14. The molecule has 112 valence electrons. The van der Waals surface area contributed by atoms with Crippen molar-refractivity contribution in [2.75, 3.05) is 31.2 Å². The second-order valence-electron chi connectivity index (χ2n) is 5.14. The lowest BCUT2D eigenvalue weighted by atomic mass is 10.1. The predicted molar refractivity (Wildman–Crippen MR) is 85.8 cm³/mol. The number of thiophene rings is 1. The summed E-state index contributed by atoms with van der Waals surface area (Å²) in [6.45, 7) is 3.07. The maximum absolute atomic E-state index is 13.1. The van der Waals surface area contributed by atoms with Crippen LogP contribution >= 0.6 is 11.3 Å². The Morgan fingerprint density at radius 1 is 1.14 bits per heavy atom. The van der Waals surface area contributed by atoms with E-state index in [2.05, 4.69) is 20.2 Å². The van der Waals surface area contributed by atoms with Crippen LogP contribution in [0.15, 0.2) is 35.8 Å². The third kappa shape index (κ3) is 2.44. The Labute approximate surface area is 131 Å². The molecule has 0 spiro atoms. The molecule has 0 saturated carbocycles. The molecule has 4 nitrogen and oxygen atoms in total. The molecule has 3 heterocycles. The maximum atomic E-state index is 13.1. The van der Waals surface area contributed by atoms with Gasteiger partial charge < -0.3 is 9.64 Å². The van der Waals surface area contributed by atoms with Crippen molar-refractivity contribution in [3.63, 3.8) is 0 Å². The van der Waals surface area contributed by atoms with E-state index in [-0.39, 0.29) is 5.82 Å².